The van der Waals surface area contributed by atoms with E-state index in [0.717, 1.165) is 13.0 Å². The van der Waals surface area contributed by atoms with Crippen molar-refractivity contribution in [2.75, 3.05) is 23.8 Å². The normalized spacial score (nSPS) is 12.2. The van der Waals surface area contributed by atoms with E-state index in [1.54, 1.807) is 11.3 Å². The molecule has 0 radical (unpaired) electrons. The molecule has 2 rings (SSSR count). The van der Waals surface area contributed by atoms with Crippen molar-refractivity contribution in [3.63, 3.8) is 0 Å². The van der Waals surface area contributed by atoms with Crippen LogP contribution in [0.3, 0.4) is 0 Å². The SMILES string of the molecule is CCCNc1nc(Cl)nc(N(C)C(C)c2cccs2)n1. The van der Waals surface area contributed by atoms with Crippen LogP contribution in [-0.4, -0.2) is 28.5 Å². The molecule has 108 valence electrons. The summed E-state index contributed by atoms with van der Waals surface area (Å²) in [5.74, 6) is 1.09. The van der Waals surface area contributed by atoms with Crippen LogP contribution in [0.1, 0.15) is 31.2 Å². The molecule has 0 saturated carbocycles. The van der Waals surface area contributed by atoms with Crippen molar-refractivity contribution in [1.82, 2.24) is 15.0 Å². The number of nitrogens with zero attached hydrogens (tertiary/aromatic N) is 4. The molecule has 2 heterocycles. The van der Waals surface area contributed by atoms with Gasteiger partial charge < -0.3 is 10.2 Å². The van der Waals surface area contributed by atoms with Crippen molar-refractivity contribution in [2.24, 2.45) is 0 Å². The predicted molar refractivity (Wildman–Crippen MR) is 84.8 cm³/mol. The van der Waals surface area contributed by atoms with Gasteiger partial charge in [-0.2, -0.15) is 15.0 Å². The molecule has 2 aromatic rings. The van der Waals surface area contributed by atoms with Crippen LogP contribution in [0.4, 0.5) is 11.9 Å². The van der Waals surface area contributed by atoms with Crippen molar-refractivity contribution in [2.45, 2.75) is 26.3 Å². The van der Waals surface area contributed by atoms with Crippen LogP contribution in [0.2, 0.25) is 5.28 Å². The average molecular weight is 312 g/mol. The van der Waals surface area contributed by atoms with Gasteiger partial charge in [-0.1, -0.05) is 13.0 Å². The summed E-state index contributed by atoms with van der Waals surface area (Å²) in [6, 6.07) is 4.33. The van der Waals surface area contributed by atoms with Gasteiger partial charge in [0, 0.05) is 18.5 Å². The number of hydrogen-bond donors (Lipinski definition) is 1. The van der Waals surface area contributed by atoms with Crippen LogP contribution in [-0.2, 0) is 0 Å². The van der Waals surface area contributed by atoms with Gasteiger partial charge in [-0.25, -0.2) is 0 Å². The summed E-state index contributed by atoms with van der Waals surface area (Å²) in [5, 5.41) is 5.40. The molecule has 5 nitrogen and oxygen atoms in total. The quantitative estimate of drug-likeness (QED) is 0.883. The number of thiophene rings is 1. The molecule has 0 spiro atoms. The summed E-state index contributed by atoms with van der Waals surface area (Å²) in [5.41, 5.74) is 0. The Balaban J connectivity index is 2.20. The third kappa shape index (κ3) is 3.58. The minimum Gasteiger partial charge on any atom is -0.354 e. The second-order valence-electron chi connectivity index (χ2n) is 4.46. The third-order valence-electron chi connectivity index (χ3n) is 2.98. The molecule has 0 aliphatic rings. The summed E-state index contributed by atoms with van der Waals surface area (Å²) in [6.45, 7) is 5.01. The van der Waals surface area contributed by atoms with Gasteiger partial charge in [0.25, 0.3) is 0 Å². The zero-order valence-electron chi connectivity index (χ0n) is 11.8. The van der Waals surface area contributed by atoms with Crippen molar-refractivity contribution < 1.29 is 0 Å². The second kappa shape index (κ2) is 6.85. The first-order valence-electron chi connectivity index (χ1n) is 6.53. The van der Waals surface area contributed by atoms with Crippen LogP contribution >= 0.6 is 22.9 Å². The van der Waals surface area contributed by atoms with Gasteiger partial charge in [-0.15, -0.1) is 11.3 Å². The molecule has 0 aliphatic carbocycles. The fourth-order valence-electron chi connectivity index (χ4n) is 1.71. The Labute approximate surface area is 128 Å². The third-order valence-corrected chi connectivity index (χ3v) is 4.19. The van der Waals surface area contributed by atoms with E-state index in [9.17, 15) is 0 Å². The van der Waals surface area contributed by atoms with Gasteiger partial charge in [0.1, 0.15) is 0 Å². The maximum atomic E-state index is 5.98. The fraction of sp³-hybridized carbons (Fsp3) is 0.462. The lowest BCUT2D eigenvalue weighted by atomic mass is 10.2. The first-order chi connectivity index (χ1) is 9.61. The van der Waals surface area contributed by atoms with E-state index in [1.165, 1.54) is 4.88 Å². The number of nitrogens with one attached hydrogen (secondary N) is 1. The van der Waals surface area contributed by atoms with Gasteiger partial charge in [-0.05, 0) is 36.4 Å². The maximum Gasteiger partial charge on any atom is 0.231 e. The first-order valence-corrected chi connectivity index (χ1v) is 7.79. The Bertz CT molecular complexity index is 546. The molecule has 7 heteroatoms. The van der Waals surface area contributed by atoms with Crippen molar-refractivity contribution in [3.05, 3.63) is 27.7 Å². The highest BCUT2D eigenvalue weighted by Crippen LogP contribution is 2.26. The van der Waals surface area contributed by atoms with Gasteiger partial charge in [-0.3, -0.25) is 0 Å². The molecule has 0 amide bonds. The Morgan fingerprint density at radius 1 is 1.40 bits per heavy atom. The molecule has 20 heavy (non-hydrogen) atoms. The summed E-state index contributed by atoms with van der Waals surface area (Å²) in [7, 11) is 1.96. The number of anilines is 2. The Kier molecular flexibility index (Phi) is 5.14. The summed E-state index contributed by atoms with van der Waals surface area (Å²) in [4.78, 5) is 16.0. The predicted octanol–water partition coefficient (Wildman–Crippen LogP) is 3.61. The van der Waals surface area contributed by atoms with Crippen molar-refractivity contribution in [1.29, 1.82) is 0 Å². The van der Waals surface area contributed by atoms with Crippen molar-refractivity contribution in [3.8, 4) is 0 Å². The van der Waals surface area contributed by atoms with Crippen LogP contribution in [0.5, 0.6) is 0 Å². The Hall–Kier alpha value is -1.40. The highest BCUT2D eigenvalue weighted by molar-refractivity contribution is 7.10. The first kappa shape index (κ1) is 15.0. The highest BCUT2D eigenvalue weighted by Gasteiger charge is 2.17. The lowest BCUT2D eigenvalue weighted by Crippen LogP contribution is -2.24. The average Bonchev–Trinajstić information content (AvgIpc) is 2.97. The molecule has 1 N–H and O–H groups in total. The van der Waals surface area contributed by atoms with E-state index in [1.807, 2.05) is 18.0 Å². The van der Waals surface area contributed by atoms with Crippen molar-refractivity contribution >= 4 is 34.8 Å². The largest absolute Gasteiger partial charge is 0.354 e. The van der Waals surface area contributed by atoms with Gasteiger partial charge >= 0.3 is 0 Å². The molecule has 1 atom stereocenters. The molecular formula is C13H18ClN5S. The van der Waals surface area contributed by atoms with E-state index in [4.69, 9.17) is 11.6 Å². The summed E-state index contributed by atoms with van der Waals surface area (Å²) >= 11 is 7.69. The lowest BCUT2D eigenvalue weighted by molar-refractivity contribution is 0.723. The number of halogens is 1. The van der Waals surface area contributed by atoms with E-state index in [2.05, 4.69) is 45.6 Å². The van der Waals surface area contributed by atoms with Crippen LogP contribution in [0.15, 0.2) is 17.5 Å². The minimum absolute atomic E-state index is 0.187. The molecule has 0 fully saturated rings. The number of hydrogen-bond acceptors (Lipinski definition) is 6. The van der Waals surface area contributed by atoms with Gasteiger partial charge in [0.05, 0.1) is 6.04 Å². The van der Waals surface area contributed by atoms with E-state index < -0.39 is 0 Å². The number of rotatable bonds is 6. The summed E-state index contributed by atoms with van der Waals surface area (Å²) < 4.78 is 0. The van der Waals surface area contributed by atoms with E-state index >= 15 is 0 Å². The molecule has 0 saturated heterocycles. The minimum atomic E-state index is 0.187. The van der Waals surface area contributed by atoms with Crippen LogP contribution in [0, 0.1) is 0 Å². The lowest BCUT2D eigenvalue weighted by Gasteiger charge is -2.24. The second-order valence-corrected chi connectivity index (χ2v) is 5.77. The molecule has 0 aromatic carbocycles. The Morgan fingerprint density at radius 3 is 2.85 bits per heavy atom. The Morgan fingerprint density at radius 2 is 2.20 bits per heavy atom. The molecule has 0 aliphatic heterocycles. The molecular weight excluding hydrogens is 294 g/mol. The molecule has 0 bridgehead atoms. The zero-order valence-corrected chi connectivity index (χ0v) is 13.4. The highest BCUT2D eigenvalue weighted by atomic mass is 35.5. The van der Waals surface area contributed by atoms with Crippen LogP contribution in [0.25, 0.3) is 0 Å². The van der Waals surface area contributed by atoms with Gasteiger partial charge in [0.2, 0.25) is 17.2 Å². The standard InChI is InChI=1S/C13H18ClN5S/c1-4-7-15-12-16-11(14)17-13(18-12)19(3)9(2)10-6-5-8-20-10/h5-6,8-9H,4,7H2,1-3H3,(H,15,16,17,18). The van der Waals surface area contributed by atoms with E-state index in [0.29, 0.717) is 11.9 Å². The maximum absolute atomic E-state index is 5.98. The fourth-order valence-corrected chi connectivity index (χ4v) is 2.69. The molecule has 2 aromatic heterocycles. The topological polar surface area (TPSA) is 53.9 Å². The van der Waals surface area contributed by atoms with E-state index in [-0.39, 0.29) is 11.3 Å². The zero-order chi connectivity index (χ0) is 14.5. The number of aromatic nitrogens is 3. The monoisotopic (exact) mass is 311 g/mol. The smallest absolute Gasteiger partial charge is 0.231 e. The molecule has 1 unspecified atom stereocenters. The van der Waals surface area contributed by atoms with Crippen LogP contribution < -0.4 is 10.2 Å². The van der Waals surface area contributed by atoms with Gasteiger partial charge in [0.15, 0.2) is 0 Å². The summed E-state index contributed by atoms with van der Waals surface area (Å²) in [6.07, 6.45) is 1.00.